The number of hydrogen-bond acceptors (Lipinski definition) is 3. The van der Waals surface area contributed by atoms with Crippen LogP contribution in [0, 0.1) is 0 Å². The Hall–Kier alpha value is -0.460. The molecule has 0 atom stereocenters. The predicted molar refractivity (Wildman–Crippen MR) is 72.9 cm³/mol. The molecule has 0 saturated heterocycles. The minimum absolute atomic E-state index is 0.271. The summed E-state index contributed by atoms with van der Waals surface area (Å²) in [6, 6.07) is 0.705. The Bertz CT molecular complexity index is 460. The van der Waals surface area contributed by atoms with E-state index in [4.69, 9.17) is 11.6 Å². The second-order valence-electron chi connectivity index (χ2n) is 3.54. The molecule has 90 valence electrons. The van der Waals surface area contributed by atoms with Crippen LogP contribution < -0.4 is 0 Å². The monoisotopic (exact) mass is 378 g/mol. The van der Waals surface area contributed by atoms with Gasteiger partial charge in [0.1, 0.15) is 0 Å². The summed E-state index contributed by atoms with van der Waals surface area (Å²) in [4.78, 5) is 7.37. The lowest BCUT2D eigenvalue weighted by Crippen LogP contribution is -1.91. The van der Waals surface area contributed by atoms with E-state index in [-0.39, 0.29) is 5.28 Å². The van der Waals surface area contributed by atoms with Crippen LogP contribution in [-0.2, 0) is 0 Å². The molecule has 0 unspecified atom stereocenters. The van der Waals surface area contributed by atoms with Crippen molar-refractivity contribution in [3.05, 3.63) is 39.0 Å². The Morgan fingerprint density at radius 1 is 1.12 bits per heavy atom. The van der Waals surface area contributed by atoms with Crippen LogP contribution in [0.1, 0.15) is 18.9 Å². The molecule has 1 fully saturated rings. The first-order valence-corrected chi connectivity index (χ1v) is 6.94. The number of halogens is 3. The predicted octanol–water partition coefficient (Wildman–Crippen LogP) is 3.87. The van der Waals surface area contributed by atoms with Gasteiger partial charge in [0, 0.05) is 18.6 Å². The maximum atomic E-state index is 5.37. The van der Waals surface area contributed by atoms with Crippen LogP contribution in [0.4, 0.5) is 0 Å². The third kappa shape index (κ3) is 4.37. The summed E-state index contributed by atoms with van der Waals surface area (Å²) in [5.74, 6) is 0. The Kier molecular flexibility index (Phi) is 4.53. The van der Waals surface area contributed by atoms with Crippen LogP contribution in [0.25, 0.3) is 0 Å². The largest absolute Gasteiger partial charge is 0.269 e. The molecule has 7 heteroatoms. The second-order valence-corrected chi connectivity index (χ2v) is 5.71. The van der Waals surface area contributed by atoms with Gasteiger partial charge in [-0.25, -0.2) is 9.97 Å². The standard InChI is InChI=1S/C6H7BrN2.C4H2BrClN2/c7-5-3-8-9(4-5)6-1-2-6;5-3-1-7-4(6)8-2-3/h3-4,6H,1-2H2;1-2H. The van der Waals surface area contributed by atoms with Crippen molar-refractivity contribution in [2.75, 3.05) is 0 Å². The third-order valence-electron chi connectivity index (χ3n) is 2.08. The molecule has 1 aliphatic rings. The molecular weight excluding hydrogens is 371 g/mol. The second kappa shape index (κ2) is 5.93. The molecule has 2 aromatic rings. The smallest absolute Gasteiger partial charge is 0.222 e. The van der Waals surface area contributed by atoms with E-state index in [1.165, 1.54) is 12.8 Å². The van der Waals surface area contributed by atoms with Crippen molar-refractivity contribution < 1.29 is 0 Å². The van der Waals surface area contributed by atoms with Crippen LogP contribution in [0.3, 0.4) is 0 Å². The molecule has 0 aliphatic heterocycles. The lowest BCUT2D eigenvalue weighted by Gasteiger charge is -1.91. The van der Waals surface area contributed by atoms with Gasteiger partial charge in [0.15, 0.2) is 0 Å². The Morgan fingerprint density at radius 2 is 1.76 bits per heavy atom. The first-order chi connectivity index (χ1) is 8.15. The highest BCUT2D eigenvalue weighted by Crippen LogP contribution is 2.34. The lowest BCUT2D eigenvalue weighted by molar-refractivity contribution is 0.641. The highest BCUT2D eigenvalue weighted by Gasteiger charge is 2.23. The van der Waals surface area contributed by atoms with E-state index in [9.17, 15) is 0 Å². The fourth-order valence-corrected chi connectivity index (χ4v) is 1.75. The maximum absolute atomic E-state index is 5.37. The zero-order valence-electron chi connectivity index (χ0n) is 8.72. The number of aromatic nitrogens is 4. The Morgan fingerprint density at radius 3 is 2.18 bits per heavy atom. The Balaban J connectivity index is 0.000000128. The van der Waals surface area contributed by atoms with Gasteiger partial charge in [0.25, 0.3) is 0 Å². The molecule has 0 bridgehead atoms. The van der Waals surface area contributed by atoms with E-state index in [1.54, 1.807) is 12.4 Å². The van der Waals surface area contributed by atoms with Gasteiger partial charge in [-0.15, -0.1) is 0 Å². The minimum atomic E-state index is 0.271. The molecule has 0 N–H and O–H groups in total. The van der Waals surface area contributed by atoms with Gasteiger partial charge >= 0.3 is 0 Å². The van der Waals surface area contributed by atoms with Gasteiger partial charge in [-0.2, -0.15) is 5.10 Å². The zero-order valence-corrected chi connectivity index (χ0v) is 12.7. The van der Waals surface area contributed by atoms with Gasteiger partial charge in [-0.1, -0.05) is 0 Å². The first kappa shape index (κ1) is 13.0. The van der Waals surface area contributed by atoms with Crippen molar-refractivity contribution in [1.82, 2.24) is 19.7 Å². The van der Waals surface area contributed by atoms with Gasteiger partial charge in [-0.05, 0) is 56.3 Å². The first-order valence-electron chi connectivity index (χ1n) is 4.98. The van der Waals surface area contributed by atoms with Crippen molar-refractivity contribution in [2.24, 2.45) is 0 Å². The fraction of sp³-hybridized carbons (Fsp3) is 0.300. The van der Waals surface area contributed by atoms with Crippen molar-refractivity contribution in [2.45, 2.75) is 18.9 Å². The summed E-state index contributed by atoms with van der Waals surface area (Å²) in [6.45, 7) is 0. The quantitative estimate of drug-likeness (QED) is 0.706. The van der Waals surface area contributed by atoms with E-state index in [2.05, 4.69) is 46.9 Å². The van der Waals surface area contributed by atoms with Gasteiger partial charge < -0.3 is 0 Å². The van der Waals surface area contributed by atoms with Gasteiger partial charge in [0.05, 0.1) is 21.2 Å². The molecule has 2 heterocycles. The maximum Gasteiger partial charge on any atom is 0.222 e. The lowest BCUT2D eigenvalue weighted by atomic mass is 10.7. The van der Waals surface area contributed by atoms with E-state index >= 15 is 0 Å². The molecule has 1 saturated carbocycles. The molecule has 17 heavy (non-hydrogen) atoms. The zero-order chi connectivity index (χ0) is 12.3. The molecule has 4 nitrogen and oxygen atoms in total. The molecule has 3 rings (SSSR count). The molecular formula is C10H9Br2ClN4. The molecule has 0 aromatic carbocycles. The van der Waals surface area contributed by atoms with Crippen LogP contribution >= 0.6 is 43.5 Å². The highest BCUT2D eigenvalue weighted by molar-refractivity contribution is 9.10. The summed E-state index contributed by atoms with van der Waals surface area (Å²) in [7, 11) is 0. The van der Waals surface area contributed by atoms with E-state index < -0.39 is 0 Å². The summed E-state index contributed by atoms with van der Waals surface area (Å²) in [5, 5.41) is 4.42. The SMILES string of the molecule is Brc1cnn(C2CC2)c1.Clc1ncc(Br)cn1. The van der Waals surface area contributed by atoms with E-state index in [1.807, 2.05) is 17.1 Å². The number of hydrogen-bond donors (Lipinski definition) is 0. The summed E-state index contributed by atoms with van der Waals surface area (Å²) >= 11 is 11.9. The third-order valence-corrected chi connectivity index (χ3v) is 3.09. The summed E-state index contributed by atoms with van der Waals surface area (Å²) < 4.78 is 3.93. The topological polar surface area (TPSA) is 43.6 Å². The Labute approximate surface area is 121 Å². The van der Waals surface area contributed by atoms with Crippen molar-refractivity contribution in [1.29, 1.82) is 0 Å². The molecule has 0 radical (unpaired) electrons. The number of rotatable bonds is 1. The fourth-order valence-electron chi connectivity index (χ4n) is 1.15. The molecule has 0 amide bonds. The molecule has 0 spiro atoms. The summed E-state index contributed by atoms with van der Waals surface area (Å²) in [5.41, 5.74) is 0. The van der Waals surface area contributed by atoms with Crippen LogP contribution in [0.15, 0.2) is 33.7 Å². The minimum Gasteiger partial charge on any atom is -0.269 e. The average molecular weight is 380 g/mol. The van der Waals surface area contributed by atoms with Crippen LogP contribution in [-0.4, -0.2) is 19.7 Å². The molecule has 2 aromatic heterocycles. The average Bonchev–Trinajstić information content (AvgIpc) is 3.07. The van der Waals surface area contributed by atoms with Crippen molar-refractivity contribution >= 4 is 43.5 Å². The normalized spacial score (nSPS) is 14.1. The van der Waals surface area contributed by atoms with E-state index in [0.29, 0.717) is 6.04 Å². The van der Waals surface area contributed by atoms with Gasteiger partial charge in [-0.3, -0.25) is 4.68 Å². The summed E-state index contributed by atoms with van der Waals surface area (Å²) in [6.07, 6.45) is 9.64. The van der Waals surface area contributed by atoms with Gasteiger partial charge in [0.2, 0.25) is 5.28 Å². The molecule has 1 aliphatic carbocycles. The van der Waals surface area contributed by atoms with Crippen LogP contribution in [0.5, 0.6) is 0 Å². The highest BCUT2D eigenvalue weighted by atomic mass is 79.9. The van der Waals surface area contributed by atoms with Crippen LogP contribution in [0.2, 0.25) is 5.28 Å². The van der Waals surface area contributed by atoms with Crippen molar-refractivity contribution in [3.8, 4) is 0 Å². The van der Waals surface area contributed by atoms with Crippen molar-refractivity contribution in [3.63, 3.8) is 0 Å². The van der Waals surface area contributed by atoms with E-state index in [0.717, 1.165) is 8.95 Å². The number of nitrogens with zero attached hydrogens (tertiary/aromatic N) is 4.